The van der Waals surface area contributed by atoms with Gasteiger partial charge in [-0.3, -0.25) is 4.79 Å². The number of carbonyl (C=O) groups excluding carboxylic acids is 1. The highest BCUT2D eigenvalue weighted by atomic mass is 79.9. The fraction of sp³-hybridized carbons (Fsp3) is 0.125. The third-order valence-corrected chi connectivity index (χ3v) is 4.43. The van der Waals surface area contributed by atoms with Gasteiger partial charge in [0, 0.05) is 4.47 Å². The lowest BCUT2D eigenvalue weighted by molar-refractivity contribution is -0.123. The molecule has 0 aromatic heterocycles. The molecule has 120 valence electrons. The summed E-state index contributed by atoms with van der Waals surface area (Å²) >= 11 is 10.2. The Bertz CT molecular complexity index is 708. The predicted octanol–water partition coefficient (Wildman–Crippen LogP) is 4.81. The molecular weight excluding hydrogens is 492 g/mol. The van der Waals surface area contributed by atoms with Crippen molar-refractivity contribution in [3.05, 3.63) is 60.9 Å². The van der Waals surface area contributed by atoms with E-state index >= 15 is 0 Å². The molecule has 0 bridgehead atoms. The molecule has 2 aromatic carbocycles. The summed E-state index contributed by atoms with van der Waals surface area (Å²) in [6.45, 7) is 1.88. The number of rotatable bonds is 5. The molecule has 4 nitrogen and oxygen atoms in total. The number of benzene rings is 2. The number of aryl methyl sites for hydroxylation is 1. The maximum Gasteiger partial charge on any atom is 0.277 e. The molecular formula is C16H13Br3N2O2. The van der Waals surface area contributed by atoms with E-state index < -0.39 is 0 Å². The second kappa shape index (κ2) is 8.61. The fourth-order valence-electron chi connectivity index (χ4n) is 1.67. The second-order valence-electron chi connectivity index (χ2n) is 4.69. The highest BCUT2D eigenvalue weighted by Crippen LogP contribution is 2.36. The first-order valence-corrected chi connectivity index (χ1v) is 8.99. The lowest BCUT2D eigenvalue weighted by Crippen LogP contribution is -2.24. The Morgan fingerprint density at radius 3 is 2.39 bits per heavy atom. The van der Waals surface area contributed by atoms with E-state index in [9.17, 15) is 4.79 Å². The SMILES string of the molecule is Cc1ccc(/C=N\NC(=O)COc2c(Br)cc(Br)cc2Br)cc1. The molecule has 0 aliphatic heterocycles. The summed E-state index contributed by atoms with van der Waals surface area (Å²) in [5.41, 5.74) is 4.52. The van der Waals surface area contributed by atoms with E-state index in [1.807, 2.05) is 43.3 Å². The Morgan fingerprint density at radius 2 is 1.78 bits per heavy atom. The summed E-state index contributed by atoms with van der Waals surface area (Å²) in [6, 6.07) is 11.5. The van der Waals surface area contributed by atoms with Crippen molar-refractivity contribution >= 4 is 59.9 Å². The first kappa shape index (κ1) is 18.2. The van der Waals surface area contributed by atoms with Gasteiger partial charge in [0.1, 0.15) is 5.75 Å². The Hall–Kier alpha value is -1.18. The monoisotopic (exact) mass is 502 g/mol. The van der Waals surface area contributed by atoms with Crippen LogP contribution in [0.15, 0.2) is 54.9 Å². The molecule has 1 amide bonds. The molecule has 0 aliphatic carbocycles. The van der Waals surface area contributed by atoms with Gasteiger partial charge in [0.25, 0.3) is 5.91 Å². The van der Waals surface area contributed by atoms with E-state index in [0.717, 1.165) is 19.0 Å². The first-order chi connectivity index (χ1) is 11.0. The van der Waals surface area contributed by atoms with Crippen LogP contribution in [0, 0.1) is 6.92 Å². The highest BCUT2D eigenvalue weighted by Gasteiger charge is 2.10. The number of hydrogen-bond donors (Lipinski definition) is 1. The van der Waals surface area contributed by atoms with Crippen molar-refractivity contribution in [1.29, 1.82) is 0 Å². The van der Waals surface area contributed by atoms with Crippen LogP contribution >= 0.6 is 47.8 Å². The second-order valence-corrected chi connectivity index (χ2v) is 7.32. The van der Waals surface area contributed by atoms with Crippen molar-refractivity contribution in [1.82, 2.24) is 5.43 Å². The number of amides is 1. The third kappa shape index (κ3) is 5.75. The van der Waals surface area contributed by atoms with Gasteiger partial charge in [-0.2, -0.15) is 5.10 Å². The Morgan fingerprint density at radius 1 is 1.17 bits per heavy atom. The van der Waals surface area contributed by atoms with E-state index in [4.69, 9.17) is 4.74 Å². The number of carbonyl (C=O) groups is 1. The summed E-state index contributed by atoms with van der Waals surface area (Å²) in [4.78, 5) is 11.8. The van der Waals surface area contributed by atoms with Crippen LogP contribution < -0.4 is 10.2 Å². The average Bonchev–Trinajstić information content (AvgIpc) is 2.48. The molecule has 0 radical (unpaired) electrons. The van der Waals surface area contributed by atoms with Crippen molar-refractivity contribution < 1.29 is 9.53 Å². The lowest BCUT2D eigenvalue weighted by atomic mass is 10.2. The highest BCUT2D eigenvalue weighted by molar-refractivity contribution is 9.11. The van der Waals surface area contributed by atoms with E-state index in [1.54, 1.807) is 6.21 Å². The van der Waals surface area contributed by atoms with Crippen molar-refractivity contribution in [2.24, 2.45) is 5.10 Å². The maximum atomic E-state index is 11.8. The largest absolute Gasteiger partial charge is 0.481 e. The van der Waals surface area contributed by atoms with E-state index in [2.05, 4.69) is 58.3 Å². The summed E-state index contributed by atoms with van der Waals surface area (Å²) in [7, 11) is 0. The van der Waals surface area contributed by atoms with Gasteiger partial charge in [-0.25, -0.2) is 5.43 Å². The van der Waals surface area contributed by atoms with Crippen molar-refractivity contribution in [3.8, 4) is 5.75 Å². The van der Waals surface area contributed by atoms with Gasteiger partial charge < -0.3 is 4.74 Å². The van der Waals surface area contributed by atoms with Crippen molar-refractivity contribution in [2.45, 2.75) is 6.92 Å². The molecule has 0 atom stereocenters. The van der Waals surface area contributed by atoms with E-state index in [1.165, 1.54) is 5.56 Å². The topological polar surface area (TPSA) is 50.7 Å². The molecule has 7 heteroatoms. The van der Waals surface area contributed by atoms with Gasteiger partial charge >= 0.3 is 0 Å². The molecule has 0 aliphatic rings. The summed E-state index contributed by atoms with van der Waals surface area (Å²) in [5, 5.41) is 3.91. The Kier molecular flexibility index (Phi) is 6.80. The zero-order valence-corrected chi connectivity index (χ0v) is 16.9. The molecule has 0 saturated carbocycles. The molecule has 0 fully saturated rings. The van der Waals surface area contributed by atoms with Crippen LogP contribution in [0.1, 0.15) is 11.1 Å². The zero-order chi connectivity index (χ0) is 16.8. The number of ether oxygens (including phenoxy) is 1. The van der Waals surface area contributed by atoms with Crippen LogP contribution in [0.4, 0.5) is 0 Å². The Balaban J connectivity index is 1.87. The van der Waals surface area contributed by atoms with Gasteiger partial charge in [0.2, 0.25) is 0 Å². The van der Waals surface area contributed by atoms with E-state index in [0.29, 0.717) is 5.75 Å². The van der Waals surface area contributed by atoms with E-state index in [-0.39, 0.29) is 12.5 Å². The average molecular weight is 505 g/mol. The molecule has 2 aromatic rings. The van der Waals surface area contributed by atoms with Gasteiger partial charge in [-0.1, -0.05) is 45.8 Å². The van der Waals surface area contributed by atoms with Crippen LogP contribution in [0.5, 0.6) is 5.75 Å². The smallest absolute Gasteiger partial charge is 0.277 e. The van der Waals surface area contributed by atoms with Gasteiger partial charge in [-0.15, -0.1) is 0 Å². The fourth-order valence-corrected chi connectivity index (χ4v) is 4.16. The lowest BCUT2D eigenvalue weighted by Gasteiger charge is -2.09. The molecule has 0 heterocycles. The minimum atomic E-state index is -0.338. The molecule has 0 saturated heterocycles. The summed E-state index contributed by atoms with van der Waals surface area (Å²) < 4.78 is 7.89. The zero-order valence-electron chi connectivity index (χ0n) is 12.1. The number of nitrogens with one attached hydrogen (secondary N) is 1. The third-order valence-electron chi connectivity index (χ3n) is 2.79. The number of nitrogens with zero attached hydrogens (tertiary/aromatic N) is 1. The molecule has 23 heavy (non-hydrogen) atoms. The molecule has 2 rings (SSSR count). The number of halogens is 3. The molecule has 1 N–H and O–H groups in total. The first-order valence-electron chi connectivity index (χ1n) is 6.61. The van der Waals surface area contributed by atoms with Gasteiger partial charge in [-0.05, 0) is 56.5 Å². The van der Waals surface area contributed by atoms with Crippen LogP contribution in [-0.2, 0) is 4.79 Å². The maximum absolute atomic E-state index is 11.8. The van der Waals surface area contributed by atoms with Crippen LogP contribution in [0.25, 0.3) is 0 Å². The minimum absolute atomic E-state index is 0.135. The van der Waals surface area contributed by atoms with Crippen LogP contribution in [-0.4, -0.2) is 18.7 Å². The van der Waals surface area contributed by atoms with Crippen LogP contribution in [0.3, 0.4) is 0 Å². The molecule has 0 spiro atoms. The van der Waals surface area contributed by atoms with Crippen molar-refractivity contribution in [3.63, 3.8) is 0 Å². The van der Waals surface area contributed by atoms with Crippen molar-refractivity contribution in [2.75, 3.05) is 6.61 Å². The summed E-state index contributed by atoms with van der Waals surface area (Å²) in [5.74, 6) is 0.223. The number of hydrogen-bond acceptors (Lipinski definition) is 3. The van der Waals surface area contributed by atoms with Gasteiger partial charge in [0.05, 0.1) is 15.2 Å². The summed E-state index contributed by atoms with van der Waals surface area (Å²) in [6.07, 6.45) is 1.59. The number of hydrazone groups is 1. The van der Waals surface area contributed by atoms with Crippen LogP contribution in [0.2, 0.25) is 0 Å². The normalized spacial score (nSPS) is 10.8. The van der Waals surface area contributed by atoms with Gasteiger partial charge in [0.15, 0.2) is 6.61 Å². The standard InChI is InChI=1S/C16H13Br3N2O2/c1-10-2-4-11(5-3-10)8-20-21-15(22)9-23-16-13(18)6-12(17)7-14(16)19/h2-8H,9H2,1H3,(H,21,22)/b20-8-. The minimum Gasteiger partial charge on any atom is -0.481 e. The quantitative estimate of drug-likeness (QED) is 0.469. The predicted molar refractivity (Wildman–Crippen MR) is 102 cm³/mol. The molecule has 0 unspecified atom stereocenters. The Labute approximate surface area is 159 Å².